The Bertz CT molecular complexity index is 1290. The van der Waals surface area contributed by atoms with Gasteiger partial charge in [0.05, 0.1) is 25.3 Å². The molecule has 6 rings (SSSR count). The number of phenolic OH excluding ortho intramolecular Hbond substituents is 2. The van der Waals surface area contributed by atoms with Gasteiger partial charge in [0.15, 0.2) is 23.0 Å². The molecule has 4 N–H and O–H groups in total. The molecular formula is C26H30N4O5. The second-order valence-electron chi connectivity index (χ2n) is 10.0. The Morgan fingerprint density at radius 3 is 2.57 bits per heavy atom. The quantitative estimate of drug-likeness (QED) is 0.596. The average molecular weight is 479 g/mol. The summed E-state index contributed by atoms with van der Waals surface area (Å²) in [5.41, 5.74) is 11.3. The molecule has 4 aliphatic heterocycles. The third-order valence-electron chi connectivity index (χ3n) is 8.52. The highest BCUT2D eigenvalue weighted by molar-refractivity contribution is 5.66. The molecule has 2 aromatic rings. The first-order chi connectivity index (χ1) is 16.8. The molecule has 0 spiro atoms. The largest absolute Gasteiger partial charge is 0.507 e. The molecule has 0 aromatic heterocycles. The molecule has 184 valence electrons. The third-order valence-corrected chi connectivity index (χ3v) is 8.52. The Morgan fingerprint density at radius 1 is 1.14 bits per heavy atom. The summed E-state index contributed by atoms with van der Waals surface area (Å²) in [4.78, 5) is 4.41. The van der Waals surface area contributed by atoms with Gasteiger partial charge in [0.1, 0.15) is 11.8 Å². The summed E-state index contributed by atoms with van der Waals surface area (Å²) >= 11 is 0. The second-order valence-corrected chi connectivity index (χ2v) is 10.0. The maximum Gasteiger partial charge on any atom is 0.231 e. The lowest BCUT2D eigenvalue weighted by atomic mass is 9.71. The lowest BCUT2D eigenvalue weighted by molar-refractivity contribution is -0.0710. The number of ether oxygens (including phenoxy) is 3. The molecule has 4 heterocycles. The molecule has 2 aromatic carbocycles. The van der Waals surface area contributed by atoms with Gasteiger partial charge in [-0.3, -0.25) is 9.80 Å². The number of phenols is 2. The molecule has 0 aliphatic carbocycles. The van der Waals surface area contributed by atoms with Crippen molar-refractivity contribution in [2.75, 3.05) is 27.5 Å². The molecule has 0 amide bonds. The van der Waals surface area contributed by atoms with E-state index in [1.807, 2.05) is 20.9 Å². The molecule has 2 unspecified atom stereocenters. The van der Waals surface area contributed by atoms with Gasteiger partial charge in [-0.25, -0.2) is 0 Å². The summed E-state index contributed by atoms with van der Waals surface area (Å²) in [6, 6.07) is 3.37. The van der Waals surface area contributed by atoms with Crippen LogP contribution in [-0.2, 0) is 12.8 Å². The number of rotatable bonds is 2. The predicted molar refractivity (Wildman–Crippen MR) is 127 cm³/mol. The Hall–Kier alpha value is -3.19. The highest BCUT2D eigenvalue weighted by Crippen LogP contribution is 2.57. The number of aryl methyl sites for hydroxylation is 1. The maximum absolute atomic E-state index is 11.4. The van der Waals surface area contributed by atoms with Gasteiger partial charge in [-0.1, -0.05) is 6.07 Å². The highest BCUT2D eigenvalue weighted by Gasteiger charge is 2.56. The van der Waals surface area contributed by atoms with Crippen molar-refractivity contribution < 1.29 is 24.4 Å². The fourth-order valence-electron chi connectivity index (χ4n) is 7.07. The van der Waals surface area contributed by atoms with Crippen LogP contribution in [0.4, 0.5) is 0 Å². The number of methoxy groups -OCH3 is 1. The van der Waals surface area contributed by atoms with Gasteiger partial charge < -0.3 is 30.2 Å². The van der Waals surface area contributed by atoms with Crippen LogP contribution in [0.3, 0.4) is 0 Å². The normalized spacial score (nSPS) is 28.6. The molecule has 1 saturated heterocycles. The van der Waals surface area contributed by atoms with E-state index in [-0.39, 0.29) is 49.0 Å². The van der Waals surface area contributed by atoms with Crippen molar-refractivity contribution in [3.8, 4) is 34.8 Å². The van der Waals surface area contributed by atoms with Gasteiger partial charge in [0.25, 0.3) is 0 Å². The van der Waals surface area contributed by atoms with Crippen LogP contribution in [0.5, 0.6) is 28.7 Å². The molecule has 9 nitrogen and oxygen atoms in total. The molecular weight excluding hydrogens is 448 g/mol. The van der Waals surface area contributed by atoms with Crippen LogP contribution in [-0.4, -0.2) is 65.6 Å². The van der Waals surface area contributed by atoms with E-state index in [1.165, 1.54) is 0 Å². The van der Waals surface area contributed by atoms with E-state index in [4.69, 9.17) is 19.9 Å². The molecule has 0 saturated carbocycles. The van der Waals surface area contributed by atoms with E-state index in [1.54, 1.807) is 7.11 Å². The maximum atomic E-state index is 11.4. The van der Waals surface area contributed by atoms with E-state index in [2.05, 4.69) is 21.9 Å². The summed E-state index contributed by atoms with van der Waals surface area (Å²) in [5.74, 6) is 1.96. The lowest BCUT2D eigenvalue weighted by Gasteiger charge is -2.59. The van der Waals surface area contributed by atoms with Crippen molar-refractivity contribution in [1.29, 1.82) is 5.26 Å². The van der Waals surface area contributed by atoms with E-state index in [0.717, 1.165) is 27.8 Å². The average Bonchev–Trinajstić information content (AvgIpc) is 3.32. The summed E-state index contributed by atoms with van der Waals surface area (Å²) in [7, 11) is 3.58. The van der Waals surface area contributed by atoms with Crippen molar-refractivity contribution >= 4 is 0 Å². The third kappa shape index (κ3) is 2.73. The van der Waals surface area contributed by atoms with Gasteiger partial charge in [-0.2, -0.15) is 5.26 Å². The molecule has 0 radical (unpaired) electrons. The summed E-state index contributed by atoms with van der Waals surface area (Å²) in [6.07, 6.45) is 1.10. The number of nitriles is 1. The van der Waals surface area contributed by atoms with Gasteiger partial charge in [-0.05, 0) is 44.9 Å². The van der Waals surface area contributed by atoms with Crippen molar-refractivity contribution in [1.82, 2.24) is 9.80 Å². The molecule has 4 aliphatic rings. The molecule has 35 heavy (non-hydrogen) atoms. The molecule has 5 atom stereocenters. The van der Waals surface area contributed by atoms with Crippen molar-refractivity contribution in [3.05, 3.63) is 39.4 Å². The highest BCUT2D eigenvalue weighted by atomic mass is 16.7. The van der Waals surface area contributed by atoms with Crippen LogP contribution in [0.2, 0.25) is 0 Å². The van der Waals surface area contributed by atoms with Crippen LogP contribution >= 0.6 is 0 Å². The van der Waals surface area contributed by atoms with Crippen molar-refractivity contribution in [2.45, 2.75) is 56.9 Å². The zero-order valence-corrected chi connectivity index (χ0v) is 20.3. The number of aromatic hydroxyl groups is 2. The number of nitrogens with two attached hydrogens (primary N) is 1. The monoisotopic (exact) mass is 478 g/mol. The number of hydrogen-bond acceptors (Lipinski definition) is 9. The van der Waals surface area contributed by atoms with Gasteiger partial charge in [-0.15, -0.1) is 0 Å². The Balaban J connectivity index is 1.61. The number of nitrogens with zero attached hydrogens (tertiary/aromatic N) is 3. The number of fused-ring (bicyclic) bond motifs is 9. The SMILES string of the molecule is COc1c(C)cc2c(c1O)[C@@H]1C3Cc4c(O)c(C)c5c(c4[C@H](CN)N3C(C#N)[C@H](C2)N1C)OCO5. The van der Waals surface area contributed by atoms with Crippen LogP contribution < -0.4 is 19.9 Å². The van der Waals surface area contributed by atoms with Gasteiger partial charge in [0, 0.05) is 40.9 Å². The number of likely N-dealkylation sites (N-methyl/N-ethyl adjacent to an activating group) is 1. The Kier molecular flexibility index (Phi) is 4.87. The first-order valence-corrected chi connectivity index (χ1v) is 12.0. The topological polar surface area (TPSA) is 124 Å². The van der Waals surface area contributed by atoms with E-state index >= 15 is 0 Å². The lowest BCUT2D eigenvalue weighted by Crippen LogP contribution is -2.68. The van der Waals surface area contributed by atoms with Crippen molar-refractivity contribution in [2.24, 2.45) is 5.73 Å². The molecule has 2 bridgehead atoms. The first-order valence-electron chi connectivity index (χ1n) is 12.0. The van der Waals surface area contributed by atoms with E-state index in [9.17, 15) is 15.5 Å². The summed E-state index contributed by atoms with van der Waals surface area (Å²) in [6.45, 7) is 4.08. The van der Waals surface area contributed by atoms with Crippen LogP contribution in [0, 0.1) is 25.2 Å². The van der Waals surface area contributed by atoms with Crippen LogP contribution in [0.15, 0.2) is 6.07 Å². The zero-order chi connectivity index (χ0) is 24.8. The summed E-state index contributed by atoms with van der Waals surface area (Å²) < 4.78 is 17.1. The zero-order valence-electron chi connectivity index (χ0n) is 20.3. The second kappa shape index (κ2) is 7.65. The van der Waals surface area contributed by atoms with Gasteiger partial charge >= 0.3 is 0 Å². The summed E-state index contributed by atoms with van der Waals surface area (Å²) in [5, 5.41) is 33.0. The minimum atomic E-state index is -0.429. The fraction of sp³-hybridized carbons (Fsp3) is 0.500. The Labute approximate surface area is 204 Å². The predicted octanol–water partition coefficient (Wildman–Crippen LogP) is 2.18. The van der Waals surface area contributed by atoms with E-state index < -0.39 is 6.04 Å². The smallest absolute Gasteiger partial charge is 0.231 e. The minimum absolute atomic E-state index is 0.0826. The minimum Gasteiger partial charge on any atom is -0.507 e. The van der Waals surface area contributed by atoms with Gasteiger partial charge in [0.2, 0.25) is 6.79 Å². The number of hydrogen-bond donors (Lipinski definition) is 3. The number of benzene rings is 2. The Morgan fingerprint density at radius 2 is 1.89 bits per heavy atom. The first kappa shape index (κ1) is 22.3. The van der Waals surface area contributed by atoms with Crippen LogP contribution in [0.25, 0.3) is 0 Å². The van der Waals surface area contributed by atoms with E-state index in [0.29, 0.717) is 35.7 Å². The fourth-order valence-corrected chi connectivity index (χ4v) is 7.07. The standard InChI is InChI=1S/C26H30N4O5/c1-11-5-13-6-15-17(8-27)30-16(21(29(15)3)19(13)23(32)24(11)33-4)7-14-20(18(30)9-28)26-25(34-10-35-26)12(2)22(14)31/h5,15-18,21,31-32H,6-7,9-10,28H2,1-4H3/t15-,16?,17?,18-,21-/m0/s1. The van der Waals surface area contributed by atoms with Crippen molar-refractivity contribution in [3.63, 3.8) is 0 Å². The molecule has 9 heteroatoms. The molecule has 1 fully saturated rings. The van der Waals surface area contributed by atoms with Crippen LogP contribution in [0.1, 0.15) is 45.5 Å². The number of piperazine rings is 1.